The van der Waals surface area contributed by atoms with Gasteiger partial charge >= 0.3 is 0 Å². The first-order valence-corrected chi connectivity index (χ1v) is 16.3. The molecule has 10 heteroatoms. The predicted molar refractivity (Wildman–Crippen MR) is 171 cm³/mol. The van der Waals surface area contributed by atoms with Crippen LogP contribution in [-0.2, 0) is 26.2 Å². The number of hydrogen-bond donors (Lipinski definition) is 1. The minimum Gasteiger partial charge on any atom is -0.354 e. The van der Waals surface area contributed by atoms with E-state index in [1.54, 1.807) is 42.5 Å². The molecule has 3 rings (SSSR count). The van der Waals surface area contributed by atoms with Crippen molar-refractivity contribution in [3.8, 4) is 0 Å². The van der Waals surface area contributed by atoms with Gasteiger partial charge in [0.15, 0.2) is 0 Å². The lowest BCUT2D eigenvalue weighted by atomic mass is 10.1. The Kier molecular flexibility index (Phi) is 11.9. The molecule has 0 heterocycles. The Morgan fingerprint density at radius 1 is 0.905 bits per heavy atom. The van der Waals surface area contributed by atoms with Gasteiger partial charge < -0.3 is 10.2 Å². The number of unbranched alkanes of at least 4 members (excludes halogenated alkanes) is 1. The number of anilines is 1. The number of sulfonamides is 1. The molecule has 1 N–H and O–H groups in total. The summed E-state index contributed by atoms with van der Waals surface area (Å²) in [6.07, 6.45) is 2.00. The minimum absolute atomic E-state index is 0.0594. The summed E-state index contributed by atoms with van der Waals surface area (Å²) < 4.78 is 29.2. The zero-order valence-electron chi connectivity index (χ0n) is 24.8. The fourth-order valence-electron chi connectivity index (χ4n) is 4.53. The lowest BCUT2D eigenvalue weighted by Crippen LogP contribution is -2.52. The zero-order valence-corrected chi connectivity index (χ0v) is 27.1. The summed E-state index contributed by atoms with van der Waals surface area (Å²) in [6.45, 7) is 9.39. The van der Waals surface area contributed by atoms with Crippen LogP contribution in [0, 0.1) is 20.8 Å². The molecule has 0 aromatic heterocycles. The van der Waals surface area contributed by atoms with Crippen molar-refractivity contribution in [1.29, 1.82) is 0 Å². The Morgan fingerprint density at radius 2 is 1.55 bits per heavy atom. The van der Waals surface area contributed by atoms with E-state index in [0.717, 1.165) is 33.8 Å². The van der Waals surface area contributed by atoms with E-state index in [9.17, 15) is 18.0 Å². The lowest BCUT2D eigenvalue weighted by molar-refractivity contribution is -0.140. The van der Waals surface area contributed by atoms with E-state index in [1.807, 2.05) is 40.7 Å². The zero-order chi connectivity index (χ0) is 31.0. The molecule has 0 aliphatic carbocycles. The molecule has 0 spiro atoms. The molecule has 3 aromatic rings. The molecule has 0 aliphatic rings. The molecule has 0 unspecified atom stereocenters. The molecule has 0 fully saturated rings. The average Bonchev–Trinajstić information content (AvgIpc) is 2.95. The van der Waals surface area contributed by atoms with Crippen LogP contribution < -0.4 is 9.62 Å². The molecule has 0 saturated heterocycles. The van der Waals surface area contributed by atoms with Gasteiger partial charge in [-0.2, -0.15) is 0 Å². The average molecular weight is 633 g/mol. The third-order valence-corrected chi connectivity index (χ3v) is 9.77. The first kappa shape index (κ1) is 33.4. The van der Waals surface area contributed by atoms with Gasteiger partial charge in [-0.15, -0.1) is 0 Å². The number of nitrogens with one attached hydrogen (secondary N) is 1. The van der Waals surface area contributed by atoms with Crippen LogP contribution in [0.5, 0.6) is 0 Å². The van der Waals surface area contributed by atoms with Crippen LogP contribution in [0.1, 0.15) is 55.4 Å². The number of carbonyl (C=O) groups excluding carboxylic acids is 2. The molecule has 1 atom stereocenters. The van der Waals surface area contributed by atoms with Crippen molar-refractivity contribution in [3.05, 3.63) is 93.0 Å². The quantitative estimate of drug-likeness (QED) is 0.209. The Morgan fingerprint density at radius 3 is 2.12 bits per heavy atom. The van der Waals surface area contributed by atoms with E-state index in [0.29, 0.717) is 34.3 Å². The normalized spacial score (nSPS) is 12.1. The van der Waals surface area contributed by atoms with Gasteiger partial charge in [-0.25, -0.2) is 8.42 Å². The van der Waals surface area contributed by atoms with Crippen LogP contribution >= 0.6 is 23.2 Å². The number of nitrogens with zero attached hydrogens (tertiary/aromatic N) is 2. The highest BCUT2D eigenvalue weighted by atomic mass is 35.5. The fourth-order valence-corrected chi connectivity index (χ4v) is 6.45. The molecular weight excluding hydrogens is 593 g/mol. The Balaban J connectivity index is 2.10. The van der Waals surface area contributed by atoms with E-state index < -0.39 is 28.5 Å². The summed E-state index contributed by atoms with van der Waals surface area (Å²) in [5, 5.41) is 3.61. The second kappa shape index (κ2) is 14.9. The summed E-state index contributed by atoms with van der Waals surface area (Å²) >= 11 is 13.0. The van der Waals surface area contributed by atoms with Crippen LogP contribution in [0.15, 0.2) is 65.6 Å². The second-order valence-electron chi connectivity index (χ2n) is 10.4. The van der Waals surface area contributed by atoms with Gasteiger partial charge in [0.2, 0.25) is 11.8 Å². The maximum atomic E-state index is 14.2. The topological polar surface area (TPSA) is 86.8 Å². The van der Waals surface area contributed by atoms with E-state index in [1.165, 1.54) is 17.0 Å². The van der Waals surface area contributed by atoms with E-state index in [-0.39, 0.29) is 17.3 Å². The highest BCUT2D eigenvalue weighted by Crippen LogP contribution is 2.29. The number of rotatable bonds is 13. The van der Waals surface area contributed by atoms with Gasteiger partial charge in [0, 0.05) is 28.7 Å². The SMILES string of the molecule is CCCCNC(=O)[C@H](CC)N(Cc1c(Cl)cccc1Cl)C(=O)CN(c1ccc(C)c(C)c1)S(=O)(=O)c1ccc(C)cc1. The molecule has 0 radical (unpaired) electrons. The summed E-state index contributed by atoms with van der Waals surface area (Å²) in [6, 6.07) is 15.9. The van der Waals surface area contributed by atoms with Gasteiger partial charge in [0.1, 0.15) is 12.6 Å². The standard InChI is InChI=1S/C32H39Cl2N3O4S/c1-6-8-18-35-32(39)30(7-2)36(20-27-28(33)10-9-11-29(27)34)31(38)21-37(25-15-14-23(4)24(5)19-25)42(40,41)26-16-12-22(3)13-17-26/h9-17,19,30H,6-8,18,20-21H2,1-5H3,(H,35,39)/t30-/m0/s1. The number of hydrogen-bond acceptors (Lipinski definition) is 4. The molecule has 42 heavy (non-hydrogen) atoms. The maximum absolute atomic E-state index is 14.2. The largest absolute Gasteiger partial charge is 0.354 e. The van der Waals surface area contributed by atoms with Gasteiger partial charge in [-0.3, -0.25) is 13.9 Å². The maximum Gasteiger partial charge on any atom is 0.264 e. The molecule has 7 nitrogen and oxygen atoms in total. The van der Waals surface area contributed by atoms with Crippen molar-refractivity contribution < 1.29 is 18.0 Å². The van der Waals surface area contributed by atoms with Crippen LogP contribution in [0.4, 0.5) is 5.69 Å². The van der Waals surface area contributed by atoms with Crippen LogP contribution in [0.2, 0.25) is 10.0 Å². The lowest BCUT2D eigenvalue weighted by Gasteiger charge is -2.33. The molecule has 0 saturated carbocycles. The first-order valence-electron chi connectivity index (χ1n) is 14.1. The predicted octanol–water partition coefficient (Wildman–Crippen LogP) is 6.84. The fraction of sp³-hybridized carbons (Fsp3) is 0.375. The van der Waals surface area contributed by atoms with Gasteiger partial charge in [-0.05, 0) is 81.1 Å². The van der Waals surface area contributed by atoms with Crippen LogP contribution in [0.3, 0.4) is 0 Å². The van der Waals surface area contributed by atoms with Crippen molar-refractivity contribution in [3.63, 3.8) is 0 Å². The summed E-state index contributed by atoms with van der Waals surface area (Å²) in [5.74, 6) is -0.876. The van der Waals surface area contributed by atoms with Crippen molar-refractivity contribution in [2.24, 2.45) is 0 Å². The summed E-state index contributed by atoms with van der Waals surface area (Å²) in [5.41, 5.74) is 3.61. The van der Waals surface area contributed by atoms with Gasteiger partial charge in [0.05, 0.1) is 10.6 Å². The van der Waals surface area contributed by atoms with Crippen molar-refractivity contribution in [2.45, 2.75) is 71.4 Å². The molecule has 3 aromatic carbocycles. The summed E-state index contributed by atoms with van der Waals surface area (Å²) in [7, 11) is -4.16. The number of halogens is 2. The van der Waals surface area contributed by atoms with Gasteiger partial charge in [-0.1, -0.05) is 73.3 Å². The molecule has 226 valence electrons. The molecule has 0 aliphatic heterocycles. The number of amides is 2. The van der Waals surface area contributed by atoms with E-state index in [4.69, 9.17) is 23.2 Å². The van der Waals surface area contributed by atoms with Crippen molar-refractivity contribution >= 4 is 50.7 Å². The van der Waals surface area contributed by atoms with Crippen LogP contribution in [0.25, 0.3) is 0 Å². The van der Waals surface area contributed by atoms with Gasteiger partial charge in [0.25, 0.3) is 10.0 Å². The smallest absolute Gasteiger partial charge is 0.264 e. The van der Waals surface area contributed by atoms with Crippen LogP contribution in [-0.4, -0.2) is 44.3 Å². The molecule has 0 bridgehead atoms. The Labute approximate surface area is 259 Å². The van der Waals surface area contributed by atoms with Crippen molar-refractivity contribution in [1.82, 2.24) is 10.2 Å². The third kappa shape index (κ3) is 8.06. The number of aryl methyl sites for hydroxylation is 3. The molecular formula is C32H39Cl2N3O4S. The van der Waals surface area contributed by atoms with E-state index in [2.05, 4.69) is 5.32 Å². The number of benzene rings is 3. The Hall–Kier alpha value is -3.07. The molecule has 2 amide bonds. The minimum atomic E-state index is -4.16. The summed E-state index contributed by atoms with van der Waals surface area (Å²) in [4.78, 5) is 29.0. The van der Waals surface area contributed by atoms with E-state index >= 15 is 0 Å². The third-order valence-electron chi connectivity index (χ3n) is 7.27. The highest BCUT2D eigenvalue weighted by molar-refractivity contribution is 7.92. The highest BCUT2D eigenvalue weighted by Gasteiger charge is 2.34. The number of carbonyl (C=O) groups is 2. The first-order chi connectivity index (χ1) is 19.9. The second-order valence-corrected chi connectivity index (χ2v) is 13.1. The van der Waals surface area contributed by atoms with Crippen molar-refractivity contribution in [2.75, 3.05) is 17.4 Å². The Bertz CT molecular complexity index is 1490. The monoisotopic (exact) mass is 631 g/mol.